The number of nitrogens with one attached hydrogen (secondary N) is 2. The lowest BCUT2D eigenvalue weighted by Crippen LogP contribution is -2.31. The van der Waals surface area contributed by atoms with Crippen LogP contribution < -0.4 is 10.9 Å². The van der Waals surface area contributed by atoms with Gasteiger partial charge >= 0.3 is 0 Å². The molecular formula is C13H13N3O3S. The normalized spacial score (nSPS) is 20.5. The summed E-state index contributed by atoms with van der Waals surface area (Å²) < 4.78 is 22.6. The summed E-state index contributed by atoms with van der Waals surface area (Å²) in [6, 6.07) is 6.85. The van der Waals surface area contributed by atoms with Crippen molar-refractivity contribution in [3.05, 3.63) is 51.9 Å². The summed E-state index contributed by atoms with van der Waals surface area (Å²) >= 11 is 0. The quantitative estimate of drug-likeness (QED) is 0.850. The first-order valence-corrected chi connectivity index (χ1v) is 7.87. The lowest BCUT2D eigenvalue weighted by atomic mass is 10.2. The summed E-state index contributed by atoms with van der Waals surface area (Å²) in [4.78, 5) is 18.9. The van der Waals surface area contributed by atoms with E-state index >= 15 is 0 Å². The summed E-state index contributed by atoms with van der Waals surface area (Å²) in [5.74, 6) is 0.538. The van der Waals surface area contributed by atoms with Gasteiger partial charge in [-0.2, -0.15) is 0 Å². The first-order chi connectivity index (χ1) is 9.53. The van der Waals surface area contributed by atoms with Crippen LogP contribution in [0.2, 0.25) is 0 Å². The molecule has 1 aromatic carbocycles. The lowest BCUT2D eigenvalue weighted by molar-refractivity contribution is 0.585. The zero-order chi connectivity index (χ0) is 14.2. The third-order valence-corrected chi connectivity index (χ3v) is 4.52. The molecule has 0 fully saturated rings. The number of hydrogen-bond donors (Lipinski definition) is 2. The number of nitrogens with zero attached hydrogens (tertiary/aromatic N) is 1. The van der Waals surface area contributed by atoms with Crippen molar-refractivity contribution in [2.75, 3.05) is 5.75 Å². The van der Waals surface area contributed by atoms with E-state index in [1.54, 1.807) is 24.3 Å². The molecule has 1 aliphatic heterocycles. The predicted molar refractivity (Wildman–Crippen MR) is 75.9 cm³/mol. The van der Waals surface area contributed by atoms with Crippen LogP contribution in [-0.4, -0.2) is 30.2 Å². The Morgan fingerprint density at radius 1 is 1.35 bits per heavy atom. The Kier molecular flexibility index (Phi) is 3.15. The molecule has 0 amide bonds. The molecule has 1 atom stereocenters. The van der Waals surface area contributed by atoms with Gasteiger partial charge in [-0.3, -0.25) is 4.79 Å². The van der Waals surface area contributed by atoms with Crippen LogP contribution in [0.15, 0.2) is 40.5 Å². The van der Waals surface area contributed by atoms with Crippen LogP contribution in [0.1, 0.15) is 5.82 Å². The molecule has 6 nitrogen and oxygen atoms in total. The van der Waals surface area contributed by atoms with Crippen LogP contribution in [-0.2, 0) is 16.4 Å². The van der Waals surface area contributed by atoms with Crippen molar-refractivity contribution in [3.8, 4) is 0 Å². The van der Waals surface area contributed by atoms with E-state index in [9.17, 15) is 13.2 Å². The Balaban J connectivity index is 1.79. The molecule has 20 heavy (non-hydrogen) atoms. The van der Waals surface area contributed by atoms with Gasteiger partial charge in [-0.25, -0.2) is 13.4 Å². The van der Waals surface area contributed by atoms with E-state index in [4.69, 9.17) is 0 Å². The van der Waals surface area contributed by atoms with Crippen molar-refractivity contribution in [2.45, 2.75) is 12.6 Å². The largest absolute Gasteiger partial charge is 0.309 e. The van der Waals surface area contributed by atoms with Gasteiger partial charge < -0.3 is 10.3 Å². The molecule has 0 spiro atoms. The molecule has 0 radical (unpaired) electrons. The number of hydrogen-bond acceptors (Lipinski definition) is 5. The molecule has 104 valence electrons. The van der Waals surface area contributed by atoms with Crippen LogP contribution in [0, 0.1) is 0 Å². The minimum Gasteiger partial charge on any atom is -0.309 e. The number of benzene rings is 1. The molecule has 0 bridgehead atoms. The highest BCUT2D eigenvalue weighted by Crippen LogP contribution is 2.09. The number of sulfone groups is 1. The predicted octanol–water partition coefficient (Wildman–Crippen LogP) is 0.323. The van der Waals surface area contributed by atoms with E-state index in [0.29, 0.717) is 23.3 Å². The van der Waals surface area contributed by atoms with Gasteiger partial charge in [-0.05, 0) is 12.1 Å². The molecule has 2 heterocycles. The second kappa shape index (κ2) is 4.84. The zero-order valence-electron chi connectivity index (χ0n) is 10.5. The van der Waals surface area contributed by atoms with E-state index in [0.717, 1.165) is 0 Å². The standard InChI is InChI=1S/C13H13N3O3S/c17-13-10-3-1-2-4-11(10)15-12(16-13)7-14-9-5-6-20(18,19)8-9/h1-6,9,14H,7-8H2,(H,15,16,17). The monoisotopic (exact) mass is 291 g/mol. The highest BCUT2D eigenvalue weighted by molar-refractivity contribution is 7.94. The Morgan fingerprint density at radius 2 is 2.15 bits per heavy atom. The van der Waals surface area contributed by atoms with Gasteiger partial charge in [0.1, 0.15) is 5.82 Å². The van der Waals surface area contributed by atoms with Gasteiger partial charge in [-0.15, -0.1) is 0 Å². The summed E-state index contributed by atoms with van der Waals surface area (Å²) in [7, 11) is -3.08. The van der Waals surface area contributed by atoms with Crippen LogP contribution in [0.25, 0.3) is 10.9 Å². The van der Waals surface area contributed by atoms with Crippen molar-refractivity contribution >= 4 is 20.7 Å². The van der Waals surface area contributed by atoms with Crippen molar-refractivity contribution < 1.29 is 8.42 Å². The summed E-state index contributed by atoms with van der Waals surface area (Å²) in [5.41, 5.74) is 0.435. The summed E-state index contributed by atoms with van der Waals surface area (Å²) in [6.45, 7) is 0.310. The molecule has 0 saturated carbocycles. The highest BCUT2D eigenvalue weighted by Gasteiger charge is 2.21. The molecular weight excluding hydrogens is 278 g/mol. The SMILES string of the molecule is O=c1[nH]c(CNC2C=CS(=O)(=O)C2)nc2ccccc12. The molecule has 0 aliphatic carbocycles. The van der Waals surface area contributed by atoms with E-state index in [1.807, 2.05) is 6.07 Å². The third-order valence-electron chi connectivity index (χ3n) is 3.12. The second-order valence-electron chi connectivity index (χ2n) is 4.68. The number of fused-ring (bicyclic) bond motifs is 1. The maximum Gasteiger partial charge on any atom is 0.258 e. The Bertz CT molecular complexity index is 839. The molecule has 0 saturated heterocycles. The molecule has 1 unspecified atom stereocenters. The van der Waals surface area contributed by atoms with Crippen molar-refractivity contribution in [1.82, 2.24) is 15.3 Å². The summed E-state index contributed by atoms with van der Waals surface area (Å²) in [5, 5.41) is 4.80. The number of H-pyrrole nitrogens is 1. The molecule has 2 N–H and O–H groups in total. The van der Waals surface area contributed by atoms with E-state index in [-0.39, 0.29) is 17.4 Å². The first kappa shape index (κ1) is 13.0. The van der Waals surface area contributed by atoms with Crippen molar-refractivity contribution in [2.24, 2.45) is 0 Å². The highest BCUT2D eigenvalue weighted by atomic mass is 32.2. The van der Waals surface area contributed by atoms with Crippen molar-refractivity contribution in [3.63, 3.8) is 0 Å². The average molecular weight is 291 g/mol. The lowest BCUT2D eigenvalue weighted by Gasteiger charge is -2.09. The van der Waals surface area contributed by atoms with Gasteiger partial charge in [-0.1, -0.05) is 18.2 Å². The topological polar surface area (TPSA) is 91.9 Å². The van der Waals surface area contributed by atoms with E-state index in [2.05, 4.69) is 15.3 Å². The fourth-order valence-electron chi connectivity index (χ4n) is 2.15. The first-order valence-electron chi connectivity index (χ1n) is 6.16. The van der Waals surface area contributed by atoms with Crippen LogP contribution in [0.4, 0.5) is 0 Å². The molecule has 3 rings (SSSR count). The Hall–Kier alpha value is -1.99. The van der Waals surface area contributed by atoms with Crippen LogP contribution in [0.5, 0.6) is 0 Å². The van der Waals surface area contributed by atoms with Crippen LogP contribution >= 0.6 is 0 Å². The Morgan fingerprint density at radius 3 is 2.90 bits per heavy atom. The number of para-hydroxylation sites is 1. The fraction of sp³-hybridized carbons (Fsp3) is 0.231. The number of aromatic amines is 1. The maximum atomic E-state index is 11.9. The molecule has 1 aromatic heterocycles. The van der Waals surface area contributed by atoms with Gasteiger partial charge in [0.15, 0.2) is 9.84 Å². The van der Waals surface area contributed by atoms with Gasteiger partial charge in [0, 0.05) is 11.4 Å². The van der Waals surface area contributed by atoms with Crippen LogP contribution in [0.3, 0.4) is 0 Å². The fourth-order valence-corrected chi connectivity index (χ4v) is 3.42. The second-order valence-corrected chi connectivity index (χ2v) is 6.61. The average Bonchev–Trinajstić information content (AvgIpc) is 2.76. The van der Waals surface area contributed by atoms with Gasteiger partial charge in [0.25, 0.3) is 5.56 Å². The molecule has 2 aromatic rings. The molecule has 1 aliphatic rings. The smallest absolute Gasteiger partial charge is 0.258 e. The zero-order valence-corrected chi connectivity index (χ0v) is 11.4. The minimum absolute atomic E-state index is 0.0464. The van der Waals surface area contributed by atoms with E-state index < -0.39 is 9.84 Å². The van der Waals surface area contributed by atoms with Gasteiger partial charge in [0.05, 0.1) is 23.2 Å². The number of rotatable bonds is 3. The van der Waals surface area contributed by atoms with E-state index in [1.165, 1.54) is 5.41 Å². The molecule has 7 heteroatoms. The maximum absolute atomic E-state index is 11.9. The Labute approximate surface area is 115 Å². The third kappa shape index (κ3) is 2.63. The summed E-state index contributed by atoms with van der Waals surface area (Å²) in [6.07, 6.45) is 1.61. The minimum atomic E-state index is -3.08. The van der Waals surface area contributed by atoms with Gasteiger partial charge in [0.2, 0.25) is 0 Å². The number of aromatic nitrogens is 2. The van der Waals surface area contributed by atoms with Crippen molar-refractivity contribution in [1.29, 1.82) is 0 Å².